The van der Waals surface area contributed by atoms with Crippen molar-refractivity contribution in [3.63, 3.8) is 0 Å². The van der Waals surface area contributed by atoms with Gasteiger partial charge in [-0.25, -0.2) is 4.57 Å². The van der Waals surface area contributed by atoms with Gasteiger partial charge >= 0.3 is 7.60 Å². The zero-order valence-electron chi connectivity index (χ0n) is 13.2. The van der Waals surface area contributed by atoms with Gasteiger partial charge in [0, 0.05) is 0 Å². The van der Waals surface area contributed by atoms with E-state index in [2.05, 4.69) is 0 Å². The lowest BCUT2D eigenvalue weighted by Gasteiger charge is -2.20. The molecule has 0 saturated heterocycles. The fraction of sp³-hybridized carbons (Fsp3) is 0.100. The minimum atomic E-state index is -3.33. The van der Waals surface area contributed by atoms with Crippen LogP contribution in [0.15, 0.2) is 91.0 Å². The summed E-state index contributed by atoms with van der Waals surface area (Å²) >= 11 is 0. The zero-order valence-corrected chi connectivity index (χ0v) is 14.1. The highest BCUT2D eigenvalue weighted by molar-refractivity contribution is 7.54. The molecule has 0 spiro atoms. The van der Waals surface area contributed by atoms with Crippen LogP contribution < -0.4 is 9.05 Å². The summed E-state index contributed by atoms with van der Waals surface area (Å²) in [6, 6.07) is 28.2. The molecule has 0 aliphatic heterocycles. The van der Waals surface area contributed by atoms with E-state index in [4.69, 9.17) is 9.05 Å². The van der Waals surface area contributed by atoms with Crippen LogP contribution in [0, 0.1) is 0 Å². The van der Waals surface area contributed by atoms with Gasteiger partial charge in [-0.05, 0) is 36.2 Å². The topological polar surface area (TPSA) is 35.5 Å². The molecular formula is C20H19O3P. The summed E-state index contributed by atoms with van der Waals surface area (Å²) in [5.74, 6) is 1.09. The third-order valence-electron chi connectivity index (χ3n) is 3.49. The average molecular weight is 338 g/mol. The Morgan fingerprint density at radius 1 is 0.625 bits per heavy atom. The lowest BCUT2D eigenvalue weighted by Crippen LogP contribution is -2.07. The molecule has 3 nitrogen and oxygen atoms in total. The van der Waals surface area contributed by atoms with E-state index in [9.17, 15) is 4.57 Å². The Balaban J connectivity index is 1.78. The Labute approximate surface area is 142 Å². The second-order valence-corrected chi connectivity index (χ2v) is 7.41. The first kappa shape index (κ1) is 16.4. The van der Waals surface area contributed by atoms with Gasteiger partial charge in [-0.1, -0.05) is 66.7 Å². The van der Waals surface area contributed by atoms with Gasteiger partial charge in [-0.3, -0.25) is 0 Å². The predicted molar refractivity (Wildman–Crippen MR) is 96.8 cm³/mol. The Morgan fingerprint density at radius 3 is 1.50 bits per heavy atom. The Bertz CT molecular complexity index is 743. The van der Waals surface area contributed by atoms with Crippen LogP contribution in [0.5, 0.6) is 11.5 Å². The Hall–Kier alpha value is -2.51. The molecule has 0 N–H and O–H groups in total. The fourth-order valence-corrected chi connectivity index (χ4v) is 3.94. The molecule has 0 heterocycles. The van der Waals surface area contributed by atoms with Crippen molar-refractivity contribution >= 4 is 7.60 Å². The van der Waals surface area contributed by atoms with Crippen molar-refractivity contribution in [3.05, 3.63) is 96.6 Å². The van der Waals surface area contributed by atoms with Gasteiger partial charge < -0.3 is 9.05 Å². The van der Waals surface area contributed by atoms with Crippen molar-refractivity contribution in [2.45, 2.75) is 6.42 Å². The van der Waals surface area contributed by atoms with Crippen molar-refractivity contribution in [3.8, 4) is 11.5 Å². The summed E-state index contributed by atoms with van der Waals surface area (Å²) in [5.41, 5.74) is 1.10. The van der Waals surface area contributed by atoms with E-state index in [0.717, 1.165) is 5.56 Å². The van der Waals surface area contributed by atoms with E-state index >= 15 is 0 Å². The third kappa shape index (κ3) is 4.74. The van der Waals surface area contributed by atoms with Crippen LogP contribution in [0.4, 0.5) is 0 Å². The lowest BCUT2D eigenvalue weighted by atomic mass is 10.2. The number of para-hydroxylation sites is 2. The monoisotopic (exact) mass is 338 g/mol. The van der Waals surface area contributed by atoms with Crippen LogP contribution in [0.2, 0.25) is 0 Å². The van der Waals surface area contributed by atoms with E-state index in [-0.39, 0.29) is 0 Å². The highest BCUT2D eigenvalue weighted by atomic mass is 31.2. The molecule has 0 fully saturated rings. The van der Waals surface area contributed by atoms with Crippen molar-refractivity contribution in [1.29, 1.82) is 0 Å². The van der Waals surface area contributed by atoms with Crippen molar-refractivity contribution in [2.75, 3.05) is 6.16 Å². The Kier molecular flexibility index (Phi) is 5.35. The largest absolute Gasteiger partial charge is 0.431 e. The number of aryl methyl sites for hydroxylation is 1. The van der Waals surface area contributed by atoms with Crippen LogP contribution in [0.25, 0.3) is 0 Å². The maximum Gasteiger partial charge on any atom is 0.431 e. The van der Waals surface area contributed by atoms with Crippen LogP contribution in [-0.2, 0) is 11.0 Å². The molecular weight excluding hydrogens is 319 g/mol. The molecule has 0 aliphatic carbocycles. The summed E-state index contributed by atoms with van der Waals surface area (Å²) in [7, 11) is -3.33. The smallest absolute Gasteiger partial charge is 0.416 e. The Morgan fingerprint density at radius 2 is 1.04 bits per heavy atom. The molecule has 3 rings (SSSR count). The number of hydrogen-bond donors (Lipinski definition) is 0. The van der Waals surface area contributed by atoms with Gasteiger partial charge in [0.1, 0.15) is 11.5 Å². The van der Waals surface area contributed by atoms with Crippen molar-refractivity contribution < 1.29 is 13.6 Å². The minimum Gasteiger partial charge on any atom is -0.416 e. The minimum absolute atomic E-state index is 0.306. The molecule has 3 aromatic rings. The summed E-state index contributed by atoms with van der Waals surface area (Å²) < 4.78 is 24.8. The first-order valence-corrected chi connectivity index (χ1v) is 9.59. The van der Waals surface area contributed by atoms with Gasteiger partial charge in [0.05, 0.1) is 6.16 Å². The van der Waals surface area contributed by atoms with Gasteiger partial charge in [-0.2, -0.15) is 0 Å². The molecule has 122 valence electrons. The van der Waals surface area contributed by atoms with E-state index in [1.807, 2.05) is 66.7 Å². The van der Waals surface area contributed by atoms with Crippen LogP contribution in [0.1, 0.15) is 5.56 Å². The molecule has 0 aromatic heterocycles. The number of benzene rings is 3. The van der Waals surface area contributed by atoms with E-state index in [1.165, 1.54) is 0 Å². The molecule has 0 bridgehead atoms. The number of hydrogen-bond acceptors (Lipinski definition) is 3. The second-order valence-electron chi connectivity index (χ2n) is 5.38. The van der Waals surface area contributed by atoms with Gasteiger partial charge in [-0.15, -0.1) is 0 Å². The molecule has 4 heteroatoms. The standard InChI is InChI=1S/C20H19O3P/c21-24(22-19-12-6-2-7-13-19,23-20-14-8-3-9-15-20)17-16-18-10-4-1-5-11-18/h1-15H,16-17H2. The van der Waals surface area contributed by atoms with E-state index in [1.54, 1.807) is 24.3 Å². The van der Waals surface area contributed by atoms with Gasteiger partial charge in [0.15, 0.2) is 0 Å². The molecule has 0 aliphatic rings. The summed E-state index contributed by atoms with van der Waals surface area (Å²) in [5, 5.41) is 0. The quantitative estimate of drug-likeness (QED) is 0.528. The molecule has 0 radical (unpaired) electrons. The van der Waals surface area contributed by atoms with Crippen molar-refractivity contribution in [1.82, 2.24) is 0 Å². The first-order chi connectivity index (χ1) is 11.7. The average Bonchev–Trinajstić information content (AvgIpc) is 2.63. The van der Waals surface area contributed by atoms with Crippen LogP contribution in [0.3, 0.4) is 0 Å². The summed E-state index contributed by atoms with van der Waals surface area (Å²) in [6.07, 6.45) is 0.929. The molecule has 0 unspecified atom stereocenters. The van der Waals surface area contributed by atoms with Crippen LogP contribution >= 0.6 is 7.60 Å². The van der Waals surface area contributed by atoms with Gasteiger partial charge in [0.2, 0.25) is 0 Å². The van der Waals surface area contributed by atoms with E-state index in [0.29, 0.717) is 24.1 Å². The number of rotatable bonds is 7. The molecule has 24 heavy (non-hydrogen) atoms. The lowest BCUT2D eigenvalue weighted by molar-refractivity contribution is 0.385. The first-order valence-electron chi connectivity index (χ1n) is 7.86. The molecule has 3 aromatic carbocycles. The summed E-state index contributed by atoms with van der Waals surface area (Å²) in [6.45, 7) is 0. The highest BCUT2D eigenvalue weighted by Crippen LogP contribution is 2.48. The maximum atomic E-state index is 13.3. The zero-order chi connectivity index (χ0) is 16.7. The maximum absolute atomic E-state index is 13.3. The molecule has 0 atom stereocenters. The normalized spacial score (nSPS) is 11.0. The van der Waals surface area contributed by atoms with Crippen molar-refractivity contribution in [2.24, 2.45) is 0 Å². The fourth-order valence-electron chi connectivity index (χ4n) is 2.30. The third-order valence-corrected chi connectivity index (χ3v) is 5.24. The molecule has 0 amide bonds. The summed E-state index contributed by atoms with van der Waals surface area (Å²) in [4.78, 5) is 0. The predicted octanol–water partition coefficient (Wildman–Crippen LogP) is 5.58. The second kappa shape index (κ2) is 7.85. The SMILES string of the molecule is O=P(CCc1ccccc1)(Oc1ccccc1)Oc1ccccc1. The van der Waals surface area contributed by atoms with E-state index < -0.39 is 7.60 Å². The van der Waals surface area contributed by atoms with Gasteiger partial charge in [0.25, 0.3) is 0 Å². The van der Waals surface area contributed by atoms with Crippen LogP contribution in [-0.4, -0.2) is 6.16 Å². The molecule has 0 saturated carbocycles. The highest BCUT2D eigenvalue weighted by Gasteiger charge is 2.28.